The Hall–Kier alpha value is -2.00. The molecule has 108 valence electrons. The van der Waals surface area contributed by atoms with Gasteiger partial charge in [0.05, 0.1) is 0 Å². The number of aromatic hydroxyl groups is 2. The average molecular weight is 280 g/mol. The molecule has 2 aromatic carbocycles. The largest absolute Gasteiger partial charge is 0.504 e. The Balaban J connectivity index is 2.10. The lowest BCUT2D eigenvalue weighted by atomic mass is 9.68. The first-order chi connectivity index (χ1) is 10.0. The number of fused-ring (bicyclic) bond motifs is 2. The summed E-state index contributed by atoms with van der Waals surface area (Å²) in [5, 5.41) is 20.2. The lowest BCUT2D eigenvalue weighted by Crippen LogP contribution is -2.49. The van der Waals surface area contributed by atoms with E-state index in [0.717, 1.165) is 36.1 Å². The van der Waals surface area contributed by atoms with Crippen molar-refractivity contribution in [1.82, 2.24) is 4.90 Å². The van der Waals surface area contributed by atoms with E-state index in [0.29, 0.717) is 0 Å². The van der Waals surface area contributed by atoms with Crippen molar-refractivity contribution in [2.75, 3.05) is 13.6 Å². The minimum atomic E-state index is -0.0425. The van der Waals surface area contributed by atoms with Crippen molar-refractivity contribution in [1.29, 1.82) is 0 Å². The van der Waals surface area contributed by atoms with Crippen LogP contribution < -0.4 is 0 Å². The molecular weight excluding hydrogens is 261 g/mol. The Kier molecular flexibility index (Phi) is 2.43. The number of hydrogen-bond acceptors (Lipinski definition) is 3. The van der Waals surface area contributed by atoms with E-state index in [1.54, 1.807) is 6.07 Å². The zero-order valence-corrected chi connectivity index (χ0v) is 12.3. The molecule has 0 fully saturated rings. The molecule has 2 aliphatic rings. The van der Waals surface area contributed by atoms with Gasteiger partial charge in [-0.1, -0.05) is 24.3 Å². The average Bonchev–Trinajstić information content (AvgIpc) is 2.47. The van der Waals surface area contributed by atoms with Gasteiger partial charge in [-0.2, -0.15) is 0 Å². The van der Waals surface area contributed by atoms with Gasteiger partial charge >= 0.3 is 0 Å². The standard InChI is InChI=1S/C18H19NO2/c1-18-10-12-6-7-14(20)17(21)15(12)13-5-3-4-11(16(13)18)8-9-19(18)2/h3-7,20-21H,8-10H2,1-2H3/t18-/m1/s1/i2-1. The van der Waals surface area contributed by atoms with Crippen LogP contribution in [0.15, 0.2) is 30.3 Å². The fourth-order valence-electron chi connectivity index (χ4n) is 4.04. The van der Waals surface area contributed by atoms with Gasteiger partial charge in [0.1, 0.15) is 0 Å². The second kappa shape index (κ2) is 4.01. The Morgan fingerprint density at radius 1 is 1.10 bits per heavy atom. The molecule has 4 rings (SSSR count). The molecule has 0 spiro atoms. The summed E-state index contributed by atoms with van der Waals surface area (Å²) < 4.78 is 0. The van der Waals surface area contributed by atoms with E-state index in [1.165, 1.54) is 11.1 Å². The van der Waals surface area contributed by atoms with Gasteiger partial charge in [0, 0.05) is 17.6 Å². The molecule has 2 N–H and O–H groups in total. The predicted octanol–water partition coefficient (Wildman–Crippen LogP) is 3.02. The number of hydrogen-bond donors (Lipinski definition) is 2. The lowest BCUT2D eigenvalue weighted by Gasteiger charge is -2.48. The van der Waals surface area contributed by atoms with Crippen molar-refractivity contribution in [3.05, 3.63) is 47.0 Å². The minimum Gasteiger partial charge on any atom is -0.504 e. The number of benzene rings is 2. The van der Waals surface area contributed by atoms with Crippen LogP contribution in [0.1, 0.15) is 23.6 Å². The predicted molar refractivity (Wildman–Crippen MR) is 82.6 cm³/mol. The number of nitrogens with zero attached hydrogens (tertiary/aromatic N) is 1. The highest BCUT2D eigenvalue weighted by molar-refractivity contribution is 5.83. The van der Waals surface area contributed by atoms with Crippen molar-refractivity contribution in [3.8, 4) is 22.6 Å². The molecule has 0 saturated carbocycles. The van der Waals surface area contributed by atoms with Gasteiger partial charge in [-0.05, 0) is 55.1 Å². The summed E-state index contributed by atoms with van der Waals surface area (Å²) in [4.78, 5) is 2.41. The van der Waals surface area contributed by atoms with Gasteiger partial charge in [0.25, 0.3) is 0 Å². The Morgan fingerprint density at radius 3 is 2.71 bits per heavy atom. The summed E-state index contributed by atoms with van der Waals surface area (Å²) in [6, 6.07) is 9.84. The van der Waals surface area contributed by atoms with Gasteiger partial charge in [-0.3, -0.25) is 4.90 Å². The van der Waals surface area contributed by atoms with Crippen molar-refractivity contribution < 1.29 is 10.2 Å². The number of rotatable bonds is 0. The maximum Gasteiger partial charge on any atom is 0.165 e. The molecule has 0 unspecified atom stereocenters. The SMILES string of the molecule is C[C@@]12Cc3ccc(O)c(O)c3-c3cccc(c31)CCN2[11CH3]. The molecule has 1 aliphatic carbocycles. The zero-order valence-electron chi connectivity index (χ0n) is 12.3. The van der Waals surface area contributed by atoms with Crippen LogP contribution in [0.3, 0.4) is 0 Å². The monoisotopic (exact) mass is 280 g/mol. The van der Waals surface area contributed by atoms with Gasteiger partial charge in [0.2, 0.25) is 0 Å². The molecule has 3 nitrogen and oxygen atoms in total. The molecule has 0 saturated heterocycles. The van der Waals surface area contributed by atoms with Crippen LogP contribution in [0.25, 0.3) is 11.1 Å². The van der Waals surface area contributed by atoms with E-state index in [9.17, 15) is 10.2 Å². The number of phenols is 2. The first-order valence-corrected chi connectivity index (χ1v) is 7.40. The molecular formula is C18H19NO2. The van der Waals surface area contributed by atoms with Crippen molar-refractivity contribution in [2.24, 2.45) is 0 Å². The highest BCUT2D eigenvalue weighted by Crippen LogP contribution is 2.52. The minimum absolute atomic E-state index is 0.0103. The lowest BCUT2D eigenvalue weighted by molar-refractivity contribution is 0.122. The molecule has 1 heterocycles. The van der Waals surface area contributed by atoms with Gasteiger partial charge in [-0.15, -0.1) is 0 Å². The van der Waals surface area contributed by atoms with Crippen LogP contribution in [0.5, 0.6) is 11.5 Å². The van der Waals surface area contributed by atoms with Crippen molar-refractivity contribution in [3.63, 3.8) is 0 Å². The van der Waals surface area contributed by atoms with Crippen molar-refractivity contribution in [2.45, 2.75) is 25.3 Å². The fraction of sp³-hybridized carbons (Fsp3) is 0.333. The van der Waals surface area contributed by atoms with Gasteiger partial charge in [-0.25, -0.2) is 0 Å². The quantitative estimate of drug-likeness (QED) is 0.729. The van der Waals surface area contributed by atoms with E-state index in [-0.39, 0.29) is 17.0 Å². The van der Waals surface area contributed by atoms with Crippen LogP contribution in [-0.2, 0) is 18.4 Å². The van der Waals surface area contributed by atoms with E-state index < -0.39 is 0 Å². The Bertz CT molecular complexity index is 753. The Morgan fingerprint density at radius 2 is 1.90 bits per heavy atom. The Labute approximate surface area is 124 Å². The second-order valence-corrected chi connectivity index (χ2v) is 6.43. The third kappa shape index (κ3) is 1.52. The third-order valence-electron chi connectivity index (χ3n) is 5.30. The summed E-state index contributed by atoms with van der Waals surface area (Å²) in [5.74, 6) is -0.0321. The molecule has 21 heavy (non-hydrogen) atoms. The van der Waals surface area contributed by atoms with E-state index >= 15 is 0 Å². The molecule has 1 atom stereocenters. The first kappa shape index (κ1) is 12.7. The summed E-state index contributed by atoms with van der Waals surface area (Å²) >= 11 is 0. The van der Waals surface area contributed by atoms with E-state index in [1.807, 2.05) is 6.07 Å². The maximum absolute atomic E-state index is 10.3. The van der Waals surface area contributed by atoms with Crippen LogP contribution in [-0.4, -0.2) is 28.7 Å². The number of phenolic OH excluding ortho intramolecular Hbond substituents is 2. The molecule has 0 bridgehead atoms. The van der Waals surface area contributed by atoms with Crippen LogP contribution >= 0.6 is 0 Å². The maximum atomic E-state index is 10.3. The van der Waals surface area contributed by atoms with Crippen LogP contribution in [0.4, 0.5) is 0 Å². The molecule has 0 radical (unpaired) electrons. The van der Waals surface area contributed by atoms with Gasteiger partial charge < -0.3 is 10.2 Å². The van der Waals surface area contributed by atoms with Crippen molar-refractivity contribution >= 4 is 0 Å². The number of likely N-dealkylation sites (N-methyl/N-ethyl adjacent to an activating group) is 1. The summed E-state index contributed by atoms with van der Waals surface area (Å²) in [6.45, 7) is 3.33. The molecule has 0 aromatic heterocycles. The smallest absolute Gasteiger partial charge is 0.165 e. The summed E-state index contributed by atoms with van der Waals surface area (Å²) in [5.41, 5.74) is 5.61. The van der Waals surface area contributed by atoms with Crippen LogP contribution in [0.2, 0.25) is 0 Å². The van der Waals surface area contributed by atoms with E-state index in [4.69, 9.17) is 0 Å². The molecule has 0 amide bonds. The summed E-state index contributed by atoms with van der Waals surface area (Å²) in [7, 11) is 2.17. The summed E-state index contributed by atoms with van der Waals surface area (Å²) in [6.07, 6.45) is 1.89. The highest BCUT2D eigenvalue weighted by atomic mass is 16.3. The first-order valence-electron chi connectivity index (χ1n) is 7.40. The fourth-order valence-corrected chi connectivity index (χ4v) is 4.04. The molecule has 1 aliphatic heterocycles. The molecule has 2 aromatic rings. The van der Waals surface area contributed by atoms with Gasteiger partial charge in [0.15, 0.2) is 11.5 Å². The third-order valence-corrected chi connectivity index (χ3v) is 5.30. The topological polar surface area (TPSA) is 43.7 Å². The normalized spacial score (nSPS) is 23.5. The van der Waals surface area contributed by atoms with Crippen LogP contribution in [0, 0.1) is 0 Å². The molecule has 3 heteroatoms. The zero-order chi connectivity index (χ0) is 14.8. The van der Waals surface area contributed by atoms with E-state index in [2.05, 4.69) is 37.1 Å². The highest BCUT2D eigenvalue weighted by Gasteiger charge is 2.42. The second-order valence-electron chi connectivity index (χ2n) is 6.43.